The van der Waals surface area contributed by atoms with Gasteiger partial charge in [-0.1, -0.05) is 35.2 Å². The molecule has 0 aliphatic carbocycles. The van der Waals surface area contributed by atoms with Gasteiger partial charge < -0.3 is 10.6 Å². The molecule has 1 aromatic carbocycles. The number of hydrogen-bond acceptors (Lipinski definition) is 6. The topological polar surface area (TPSA) is 66.9 Å². The van der Waals surface area contributed by atoms with Gasteiger partial charge in [-0.3, -0.25) is 4.79 Å². The van der Waals surface area contributed by atoms with Crippen molar-refractivity contribution in [2.24, 2.45) is 0 Å². The van der Waals surface area contributed by atoms with Crippen molar-refractivity contribution < 1.29 is 9.18 Å². The molecule has 0 aliphatic heterocycles. The first-order valence-electron chi connectivity index (χ1n) is 6.73. The van der Waals surface area contributed by atoms with E-state index in [1.807, 2.05) is 13.8 Å². The summed E-state index contributed by atoms with van der Waals surface area (Å²) in [5, 5.41) is 14.2. The fourth-order valence-corrected chi connectivity index (χ4v) is 3.59. The van der Waals surface area contributed by atoms with Crippen LogP contribution in [0.3, 0.4) is 0 Å². The van der Waals surface area contributed by atoms with Crippen LogP contribution in [0.25, 0.3) is 0 Å². The lowest BCUT2D eigenvalue weighted by atomic mass is 10.1. The van der Waals surface area contributed by atoms with Crippen LogP contribution < -0.4 is 10.6 Å². The number of carbonyl (C=O) groups is 1. The summed E-state index contributed by atoms with van der Waals surface area (Å²) in [6.07, 6.45) is 0. The molecule has 0 saturated carbocycles. The average molecular weight is 340 g/mol. The normalized spacial score (nSPS) is 13.5. The largest absolute Gasteiger partial charge is 0.363 e. The molecule has 2 aromatic rings. The van der Waals surface area contributed by atoms with Crippen LogP contribution in [0.1, 0.15) is 25.5 Å². The quantitative estimate of drug-likeness (QED) is 0.791. The van der Waals surface area contributed by atoms with Crippen molar-refractivity contribution in [3.63, 3.8) is 0 Å². The molecule has 118 valence electrons. The number of hydrogen-bond donors (Lipinski definition) is 2. The van der Waals surface area contributed by atoms with Gasteiger partial charge in [0.15, 0.2) is 4.34 Å². The first-order chi connectivity index (χ1) is 10.5. The van der Waals surface area contributed by atoms with E-state index in [9.17, 15) is 9.18 Å². The molecular weight excluding hydrogens is 323 g/mol. The summed E-state index contributed by atoms with van der Waals surface area (Å²) >= 11 is 2.76. The Bertz CT molecular complexity index is 632. The smallest absolute Gasteiger partial charge is 0.233 e. The zero-order valence-electron chi connectivity index (χ0n) is 12.5. The van der Waals surface area contributed by atoms with Crippen molar-refractivity contribution in [3.05, 3.63) is 35.6 Å². The lowest BCUT2D eigenvalue weighted by Gasteiger charge is -2.17. The summed E-state index contributed by atoms with van der Waals surface area (Å²) in [5.41, 5.74) is 0.861. The van der Waals surface area contributed by atoms with E-state index in [1.54, 1.807) is 19.2 Å². The van der Waals surface area contributed by atoms with Crippen LogP contribution in [-0.4, -0.2) is 28.4 Å². The first kappa shape index (κ1) is 16.7. The summed E-state index contributed by atoms with van der Waals surface area (Å²) in [4.78, 5) is 12.2. The molecule has 2 rings (SSSR count). The van der Waals surface area contributed by atoms with Crippen molar-refractivity contribution >= 4 is 34.1 Å². The van der Waals surface area contributed by atoms with Gasteiger partial charge >= 0.3 is 0 Å². The van der Waals surface area contributed by atoms with Gasteiger partial charge in [-0.15, -0.1) is 10.2 Å². The number of aromatic nitrogens is 2. The number of nitrogens with zero attached hydrogens (tertiary/aromatic N) is 2. The predicted octanol–water partition coefficient (Wildman–Crippen LogP) is 3.08. The van der Waals surface area contributed by atoms with Crippen LogP contribution in [0.15, 0.2) is 28.6 Å². The fourth-order valence-electron chi connectivity index (χ4n) is 1.73. The van der Waals surface area contributed by atoms with Gasteiger partial charge in [0.1, 0.15) is 5.82 Å². The van der Waals surface area contributed by atoms with Gasteiger partial charge in [0.25, 0.3) is 0 Å². The number of rotatable bonds is 6. The lowest BCUT2D eigenvalue weighted by molar-refractivity contribution is -0.120. The molecule has 2 atom stereocenters. The highest BCUT2D eigenvalue weighted by molar-refractivity contribution is 8.02. The molecular formula is C14H17FN4OS2. The maximum Gasteiger partial charge on any atom is 0.233 e. The maximum atomic E-state index is 12.9. The van der Waals surface area contributed by atoms with E-state index in [0.717, 1.165) is 15.0 Å². The molecule has 2 N–H and O–H groups in total. The Hall–Kier alpha value is -1.67. The van der Waals surface area contributed by atoms with Crippen molar-refractivity contribution in [2.75, 3.05) is 12.4 Å². The molecule has 0 unspecified atom stereocenters. The minimum atomic E-state index is -0.291. The Balaban J connectivity index is 1.91. The SMILES string of the molecule is CNc1nnc(S[C@@H](C)C(=O)N[C@@H](C)c2ccc(F)cc2)s1. The summed E-state index contributed by atoms with van der Waals surface area (Å²) in [7, 11) is 1.77. The molecule has 0 radical (unpaired) electrons. The zero-order chi connectivity index (χ0) is 16.1. The van der Waals surface area contributed by atoms with Gasteiger partial charge in [-0.05, 0) is 31.5 Å². The van der Waals surface area contributed by atoms with Crippen LogP contribution in [0.4, 0.5) is 9.52 Å². The Morgan fingerprint density at radius 1 is 1.27 bits per heavy atom. The van der Waals surface area contributed by atoms with Gasteiger partial charge in [0.2, 0.25) is 11.0 Å². The molecule has 0 aliphatic rings. The second-order valence-electron chi connectivity index (χ2n) is 4.67. The van der Waals surface area contributed by atoms with Crippen LogP contribution in [0.2, 0.25) is 0 Å². The van der Waals surface area contributed by atoms with E-state index in [1.165, 1.54) is 35.2 Å². The molecule has 0 bridgehead atoms. The minimum absolute atomic E-state index is 0.0944. The van der Waals surface area contributed by atoms with Gasteiger partial charge in [0.05, 0.1) is 11.3 Å². The third-order valence-electron chi connectivity index (χ3n) is 3.00. The Morgan fingerprint density at radius 2 is 1.95 bits per heavy atom. The molecule has 1 amide bonds. The molecule has 0 saturated heterocycles. The van der Waals surface area contributed by atoms with Crippen LogP contribution in [0.5, 0.6) is 0 Å². The number of thioether (sulfide) groups is 1. The zero-order valence-corrected chi connectivity index (χ0v) is 14.1. The minimum Gasteiger partial charge on any atom is -0.363 e. The monoisotopic (exact) mass is 340 g/mol. The number of amides is 1. The number of anilines is 1. The van der Waals surface area contributed by atoms with Crippen molar-refractivity contribution in [1.82, 2.24) is 15.5 Å². The van der Waals surface area contributed by atoms with Gasteiger partial charge in [-0.2, -0.15) is 0 Å². The van der Waals surface area contributed by atoms with E-state index < -0.39 is 0 Å². The highest BCUT2D eigenvalue weighted by atomic mass is 32.2. The third kappa shape index (κ3) is 4.41. The standard InChI is InChI=1S/C14H17FN4OS2/c1-8(10-4-6-11(15)7-5-10)17-12(20)9(2)21-14-19-18-13(16-3)22-14/h4-9H,1-3H3,(H,16,18)(H,17,20)/t8-,9-/m0/s1. The Kier molecular flexibility index (Phi) is 5.73. The van der Waals surface area contributed by atoms with Gasteiger partial charge in [-0.25, -0.2) is 4.39 Å². The third-order valence-corrected chi connectivity index (χ3v) is 5.12. The first-order valence-corrected chi connectivity index (χ1v) is 8.43. The van der Waals surface area contributed by atoms with Crippen LogP contribution >= 0.6 is 23.1 Å². The molecule has 5 nitrogen and oxygen atoms in total. The van der Waals surface area contributed by atoms with E-state index in [4.69, 9.17) is 0 Å². The van der Waals surface area contributed by atoms with E-state index in [0.29, 0.717) is 0 Å². The maximum absolute atomic E-state index is 12.9. The van der Waals surface area contributed by atoms with E-state index >= 15 is 0 Å². The molecule has 1 heterocycles. The lowest BCUT2D eigenvalue weighted by Crippen LogP contribution is -2.33. The second-order valence-corrected chi connectivity index (χ2v) is 7.23. The van der Waals surface area contributed by atoms with Crippen molar-refractivity contribution in [2.45, 2.75) is 29.5 Å². The summed E-state index contributed by atoms with van der Waals surface area (Å²) in [6, 6.07) is 5.93. The molecule has 0 fully saturated rings. The summed E-state index contributed by atoms with van der Waals surface area (Å²) < 4.78 is 13.6. The Labute approximate surface area is 136 Å². The average Bonchev–Trinajstić information content (AvgIpc) is 2.95. The summed E-state index contributed by atoms with van der Waals surface area (Å²) in [6.45, 7) is 3.68. The molecule has 8 heteroatoms. The number of nitrogens with one attached hydrogen (secondary N) is 2. The van der Waals surface area contributed by atoms with Crippen molar-refractivity contribution in [1.29, 1.82) is 0 Å². The van der Waals surface area contributed by atoms with Crippen LogP contribution in [-0.2, 0) is 4.79 Å². The highest BCUT2D eigenvalue weighted by Gasteiger charge is 2.19. The Morgan fingerprint density at radius 3 is 2.55 bits per heavy atom. The van der Waals surface area contributed by atoms with Gasteiger partial charge in [0, 0.05) is 7.05 Å². The second kappa shape index (κ2) is 7.55. The number of carbonyl (C=O) groups excluding carboxylic acids is 1. The molecule has 22 heavy (non-hydrogen) atoms. The van der Waals surface area contributed by atoms with Crippen molar-refractivity contribution in [3.8, 4) is 0 Å². The molecule has 1 aromatic heterocycles. The van der Waals surface area contributed by atoms with Crippen LogP contribution in [0, 0.1) is 5.82 Å². The number of halogens is 1. The number of benzene rings is 1. The van der Waals surface area contributed by atoms with E-state index in [-0.39, 0.29) is 23.0 Å². The predicted molar refractivity (Wildman–Crippen MR) is 87.7 cm³/mol. The van der Waals surface area contributed by atoms with E-state index in [2.05, 4.69) is 20.8 Å². The fraction of sp³-hybridized carbons (Fsp3) is 0.357. The molecule has 0 spiro atoms. The highest BCUT2D eigenvalue weighted by Crippen LogP contribution is 2.29. The summed E-state index contributed by atoms with van der Waals surface area (Å²) in [5.74, 6) is -0.383.